The second-order valence-electron chi connectivity index (χ2n) is 7.51. The molecule has 0 saturated heterocycles. The average Bonchev–Trinajstić information content (AvgIpc) is 3.06. The Labute approximate surface area is 172 Å². The van der Waals surface area contributed by atoms with E-state index < -0.39 is 11.2 Å². The van der Waals surface area contributed by atoms with E-state index in [1.165, 1.54) is 21.9 Å². The van der Waals surface area contributed by atoms with Crippen molar-refractivity contribution < 1.29 is 4.79 Å². The Hall–Kier alpha value is -3.69. The van der Waals surface area contributed by atoms with Crippen LogP contribution in [0.25, 0.3) is 11.2 Å². The van der Waals surface area contributed by atoms with Crippen molar-refractivity contribution in [3.8, 4) is 0 Å². The molecule has 0 radical (unpaired) electrons. The Morgan fingerprint density at radius 3 is 2.53 bits per heavy atom. The maximum atomic E-state index is 12.5. The first kappa shape index (κ1) is 19.6. The molecular formula is C20H25N7O3. The quantitative estimate of drug-likeness (QED) is 0.582. The number of carbonyl (C=O) groups excluding carboxylic acids is 1. The van der Waals surface area contributed by atoms with Gasteiger partial charge in [0.15, 0.2) is 11.2 Å². The minimum Gasteiger partial charge on any atom is -0.358 e. The van der Waals surface area contributed by atoms with Gasteiger partial charge in [0, 0.05) is 40.1 Å². The Morgan fingerprint density at radius 2 is 1.80 bits per heavy atom. The van der Waals surface area contributed by atoms with Gasteiger partial charge in [-0.2, -0.15) is 0 Å². The third-order valence-electron chi connectivity index (χ3n) is 5.49. The molecule has 0 fully saturated rings. The van der Waals surface area contributed by atoms with Gasteiger partial charge in [-0.15, -0.1) is 0 Å². The number of hydrogen-bond donors (Lipinski definition) is 2. The molecule has 1 aliphatic heterocycles. The maximum Gasteiger partial charge on any atom is 0.332 e. The van der Waals surface area contributed by atoms with E-state index in [-0.39, 0.29) is 18.6 Å². The molecule has 0 aliphatic carbocycles. The van der Waals surface area contributed by atoms with Gasteiger partial charge < -0.3 is 15.1 Å². The van der Waals surface area contributed by atoms with Gasteiger partial charge in [-0.1, -0.05) is 30.3 Å². The van der Waals surface area contributed by atoms with Crippen molar-refractivity contribution in [2.45, 2.75) is 19.3 Å². The van der Waals surface area contributed by atoms with E-state index >= 15 is 0 Å². The minimum atomic E-state index is -0.423. The number of rotatable bonds is 6. The number of amides is 1. The zero-order valence-electron chi connectivity index (χ0n) is 17.2. The van der Waals surface area contributed by atoms with Crippen LogP contribution in [-0.4, -0.2) is 54.4 Å². The summed E-state index contributed by atoms with van der Waals surface area (Å²) in [6.07, 6.45) is 4.00. The van der Waals surface area contributed by atoms with Gasteiger partial charge in [0.2, 0.25) is 5.91 Å². The molecule has 0 spiro atoms. The lowest BCUT2D eigenvalue weighted by Crippen LogP contribution is -2.47. The number of hydrogen-bond acceptors (Lipinski definition) is 5. The molecule has 158 valence electrons. The molecule has 1 aliphatic rings. The Bertz CT molecular complexity index is 1210. The van der Waals surface area contributed by atoms with E-state index in [1.807, 2.05) is 42.5 Å². The Morgan fingerprint density at radius 1 is 1.07 bits per heavy atom. The fourth-order valence-electron chi connectivity index (χ4n) is 3.69. The summed E-state index contributed by atoms with van der Waals surface area (Å²) < 4.78 is 3.85. The lowest BCUT2D eigenvalue weighted by molar-refractivity contribution is -0.122. The van der Waals surface area contributed by atoms with Crippen LogP contribution >= 0.6 is 0 Å². The highest BCUT2D eigenvalue weighted by molar-refractivity contribution is 5.79. The zero-order valence-corrected chi connectivity index (χ0v) is 17.2. The number of H-pyrrole nitrogens is 1. The zero-order chi connectivity index (χ0) is 21.4. The predicted molar refractivity (Wildman–Crippen MR) is 112 cm³/mol. The Kier molecular flexibility index (Phi) is 4.98. The standard InChI is InChI=1S/C20H25N7O3/c1-23-9-10-26(12-14-7-5-4-6-8-14)16(23)11-21-15(28)13-27-17-18(22-27)24(2)20(30)25(3)19(17)29/h4-10,16,22H,11-13H2,1-3H3,(H,21,28). The van der Waals surface area contributed by atoms with Crippen molar-refractivity contribution in [2.75, 3.05) is 13.6 Å². The summed E-state index contributed by atoms with van der Waals surface area (Å²) in [6.45, 7) is 1.15. The molecule has 1 amide bonds. The average molecular weight is 411 g/mol. The van der Waals surface area contributed by atoms with Crippen molar-refractivity contribution in [3.63, 3.8) is 0 Å². The predicted octanol–water partition coefficient (Wildman–Crippen LogP) is -0.272. The molecule has 2 aromatic heterocycles. The van der Waals surface area contributed by atoms with E-state index in [2.05, 4.69) is 27.4 Å². The first-order chi connectivity index (χ1) is 14.4. The van der Waals surface area contributed by atoms with Crippen molar-refractivity contribution in [1.82, 2.24) is 34.0 Å². The molecule has 0 bridgehead atoms. The highest BCUT2D eigenvalue weighted by Crippen LogP contribution is 2.17. The number of likely N-dealkylation sites (N-methyl/N-ethyl adjacent to an activating group) is 1. The van der Waals surface area contributed by atoms with Crippen LogP contribution in [0, 0.1) is 0 Å². The number of nitrogens with zero attached hydrogens (tertiary/aromatic N) is 5. The fraction of sp³-hybridized carbons (Fsp3) is 0.350. The minimum absolute atomic E-state index is 0.000479. The summed E-state index contributed by atoms with van der Waals surface area (Å²) in [5, 5.41) is 5.84. The summed E-state index contributed by atoms with van der Waals surface area (Å²) in [5.41, 5.74) is 1.10. The molecule has 10 heteroatoms. The second kappa shape index (κ2) is 7.62. The van der Waals surface area contributed by atoms with E-state index in [4.69, 9.17) is 0 Å². The summed E-state index contributed by atoms with van der Waals surface area (Å²) in [6, 6.07) is 10.1. The smallest absolute Gasteiger partial charge is 0.332 e. The van der Waals surface area contributed by atoms with Crippen LogP contribution in [0.4, 0.5) is 0 Å². The van der Waals surface area contributed by atoms with Crippen molar-refractivity contribution in [2.24, 2.45) is 14.1 Å². The maximum absolute atomic E-state index is 12.5. The summed E-state index contributed by atoms with van der Waals surface area (Å²) in [4.78, 5) is 41.0. The number of benzene rings is 1. The van der Waals surface area contributed by atoms with E-state index in [0.717, 1.165) is 11.1 Å². The van der Waals surface area contributed by atoms with Crippen LogP contribution in [0.15, 0.2) is 52.3 Å². The van der Waals surface area contributed by atoms with Crippen LogP contribution < -0.4 is 16.6 Å². The lowest BCUT2D eigenvalue weighted by atomic mass is 10.2. The molecule has 1 aromatic carbocycles. The molecule has 0 saturated carbocycles. The number of fused-ring (bicyclic) bond motifs is 1. The van der Waals surface area contributed by atoms with E-state index in [9.17, 15) is 14.4 Å². The molecule has 3 aromatic rings. The highest BCUT2D eigenvalue weighted by Gasteiger charge is 2.25. The molecule has 1 unspecified atom stereocenters. The molecular weight excluding hydrogens is 386 g/mol. The summed E-state index contributed by atoms with van der Waals surface area (Å²) in [7, 11) is 4.97. The third-order valence-corrected chi connectivity index (χ3v) is 5.49. The normalized spacial score (nSPS) is 16.0. The number of aryl methyl sites for hydroxylation is 1. The molecule has 3 heterocycles. The molecule has 4 rings (SSSR count). The SMILES string of the molecule is CN1C=CN(Cc2ccccc2)C1CNC(=O)Cn1[nH]c2c1c(=O)n(C)c(=O)n2C. The van der Waals surface area contributed by atoms with Crippen LogP contribution in [0.5, 0.6) is 0 Å². The fourth-order valence-corrected chi connectivity index (χ4v) is 3.69. The Balaban J connectivity index is 1.41. The van der Waals surface area contributed by atoms with Gasteiger partial charge in [-0.25, -0.2) is 4.79 Å². The van der Waals surface area contributed by atoms with Gasteiger partial charge >= 0.3 is 5.69 Å². The second-order valence-corrected chi connectivity index (χ2v) is 7.51. The summed E-state index contributed by atoms with van der Waals surface area (Å²) >= 11 is 0. The topological polar surface area (TPSA) is 100 Å². The van der Waals surface area contributed by atoms with E-state index in [0.29, 0.717) is 17.7 Å². The first-order valence-electron chi connectivity index (χ1n) is 9.67. The first-order valence-corrected chi connectivity index (χ1v) is 9.67. The van der Waals surface area contributed by atoms with Gasteiger partial charge in [0.05, 0.1) is 6.54 Å². The molecule has 10 nitrogen and oxygen atoms in total. The van der Waals surface area contributed by atoms with Crippen molar-refractivity contribution in [3.05, 3.63) is 69.1 Å². The third kappa shape index (κ3) is 3.40. The lowest BCUT2D eigenvalue weighted by Gasteiger charge is -2.31. The van der Waals surface area contributed by atoms with Crippen molar-refractivity contribution >= 4 is 17.1 Å². The highest BCUT2D eigenvalue weighted by atomic mass is 16.2. The largest absolute Gasteiger partial charge is 0.358 e. The number of carbonyl (C=O) groups is 1. The summed E-state index contributed by atoms with van der Waals surface area (Å²) in [5.74, 6) is -0.219. The van der Waals surface area contributed by atoms with E-state index in [1.54, 1.807) is 7.05 Å². The van der Waals surface area contributed by atoms with Gasteiger partial charge in [-0.3, -0.25) is 28.5 Å². The van der Waals surface area contributed by atoms with Crippen molar-refractivity contribution in [1.29, 1.82) is 0 Å². The number of nitrogens with one attached hydrogen (secondary N) is 2. The number of aromatic amines is 1. The molecule has 30 heavy (non-hydrogen) atoms. The van der Waals surface area contributed by atoms with Gasteiger partial charge in [-0.05, 0) is 5.56 Å². The van der Waals surface area contributed by atoms with Crippen LogP contribution in [-0.2, 0) is 32.0 Å². The monoisotopic (exact) mass is 411 g/mol. The molecule has 1 atom stereocenters. The van der Waals surface area contributed by atoms with Crippen LogP contribution in [0.2, 0.25) is 0 Å². The molecule has 2 N–H and O–H groups in total. The van der Waals surface area contributed by atoms with Gasteiger partial charge in [0.1, 0.15) is 12.7 Å². The van der Waals surface area contributed by atoms with Gasteiger partial charge in [0.25, 0.3) is 5.56 Å². The van der Waals surface area contributed by atoms with Crippen LogP contribution in [0.1, 0.15) is 5.56 Å². The number of aromatic nitrogens is 4. The van der Waals surface area contributed by atoms with Crippen LogP contribution in [0.3, 0.4) is 0 Å².